The fourth-order valence-corrected chi connectivity index (χ4v) is 3.19. The summed E-state index contributed by atoms with van der Waals surface area (Å²) in [5, 5.41) is 0. The third-order valence-electron chi connectivity index (χ3n) is 5.22. The van der Waals surface area contributed by atoms with Crippen molar-refractivity contribution >= 4 is 0 Å². The van der Waals surface area contributed by atoms with Gasteiger partial charge in [0.1, 0.15) is 6.10 Å². The molecule has 0 saturated carbocycles. The molecule has 0 aliphatic carbocycles. The predicted molar refractivity (Wildman–Crippen MR) is 94.4 cm³/mol. The molecule has 1 aromatic rings. The summed E-state index contributed by atoms with van der Waals surface area (Å²) in [6, 6.07) is 8.49. The Morgan fingerprint density at radius 2 is 1.55 bits per heavy atom. The SMILES string of the molecule is CC[N+](CC)(CC)CCCCCC(ON)c1ccc(C)cc1. The minimum Gasteiger partial charge on any atom is -0.324 e. The third-order valence-corrected chi connectivity index (χ3v) is 5.22. The fraction of sp³-hybridized carbons (Fsp3) is 0.684. The summed E-state index contributed by atoms with van der Waals surface area (Å²) >= 11 is 0. The van der Waals surface area contributed by atoms with E-state index in [-0.39, 0.29) is 6.10 Å². The van der Waals surface area contributed by atoms with Crippen LogP contribution in [0.3, 0.4) is 0 Å². The van der Waals surface area contributed by atoms with Gasteiger partial charge in [0.05, 0.1) is 26.2 Å². The van der Waals surface area contributed by atoms with E-state index in [4.69, 9.17) is 10.7 Å². The first-order valence-corrected chi connectivity index (χ1v) is 8.88. The topological polar surface area (TPSA) is 35.2 Å². The second-order valence-corrected chi connectivity index (χ2v) is 6.40. The highest BCUT2D eigenvalue weighted by Crippen LogP contribution is 2.23. The molecule has 1 unspecified atom stereocenters. The predicted octanol–water partition coefficient (Wildman–Crippen LogP) is 4.36. The van der Waals surface area contributed by atoms with Crippen LogP contribution in [0.25, 0.3) is 0 Å². The van der Waals surface area contributed by atoms with Gasteiger partial charge >= 0.3 is 0 Å². The molecule has 1 aromatic carbocycles. The minimum atomic E-state index is 0.0309. The number of aryl methyl sites for hydroxylation is 1. The van der Waals surface area contributed by atoms with Crippen molar-refractivity contribution in [2.24, 2.45) is 5.90 Å². The lowest BCUT2D eigenvalue weighted by Crippen LogP contribution is -2.48. The largest absolute Gasteiger partial charge is 0.324 e. The average molecular weight is 308 g/mol. The summed E-state index contributed by atoms with van der Waals surface area (Å²) in [6.45, 7) is 14.0. The van der Waals surface area contributed by atoms with Crippen molar-refractivity contribution in [2.45, 2.75) is 59.5 Å². The summed E-state index contributed by atoms with van der Waals surface area (Å²) in [5.74, 6) is 5.49. The van der Waals surface area contributed by atoms with E-state index in [0.29, 0.717) is 0 Å². The molecule has 0 aliphatic rings. The molecule has 1 atom stereocenters. The molecule has 126 valence electrons. The van der Waals surface area contributed by atoms with Crippen molar-refractivity contribution < 1.29 is 9.32 Å². The first-order chi connectivity index (χ1) is 10.6. The van der Waals surface area contributed by atoms with Crippen LogP contribution in [-0.2, 0) is 4.84 Å². The number of unbranched alkanes of at least 4 members (excludes halogenated alkanes) is 2. The molecule has 3 heteroatoms. The van der Waals surface area contributed by atoms with Crippen molar-refractivity contribution in [2.75, 3.05) is 26.2 Å². The molecular weight excluding hydrogens is 272 g/mol. The quantitative estimate of drug-likeness (QED) is 0.374. The highest BCUT2D eigenvalue weighted by molar-refractivity contribution is 5.23. The minimum absolute atomic E-state index is 0.0309. The first-order valence-electron chi connectivity index (χ1n) is 8.88. The van der Waals surface area contributed by atoms with Gasteiger partial charge in [-0.15, -0.1) is 0 Å². The zero-order chi connectivity index (χ0) is 16.4. The van der Waals surface area contributed by atoms with Gasteiger partial charge in [0, 0.05) is 0 Å². The molecule has 0 aliphatic heterocycles. The molecule has 0 aromatic heterocycles. The maximum atomic E-state index is 5.49. The lowest BCUT2D eigenvalue weighted by atomic mass is 10.0. The molecule has 0 amide bonds. The molecule has 22 heavy (non-hydrogen) atoms. The van der Waals surface area contributed by atoms with Crippen LogP contribution in [-0.4, -0.2) is 30.7 Å². The van der Waals surface area contributed by atoms with E-state index >= 15 is 0 Å². The van der Waals surface area contributed by atoms with Gasteiger partial charge in [0.25, 0.3) is 0 Å². The van der Waals surface area contributed by atoms with Crippen molar-refractivity contribution in [1.29, 1.82) is 0 Å². The number of hydrogen-bond acceptors (Lipinski definition) is 2. The van der Waals surface area contributed by atoms with E-state index in [9.17, 15) is 0 Å². The Morgan fingerprint density at radius 3 is 2.05 bits per heavy atom. The Balaban J connectivity index is 2.34. The highest BCUT2D eigenvalue weighted by atomic mass is 16.6. The van der Waals surface area contributed by atoms with Crippen LogP contribution in [0.4, 0.5) is 0 Å². The molecule has 2 N–H and O–H groups in total. The maximum Gasteiger partial charge on any atom is 0.104 e. The Kier molecular flexibility index (Phi) is 8.69. The average Bonchev–Trinajstić information content (AvgIpc) is 2.56. The van der Waals surface area contributed by atoms with E-state index in [2.05, 4.69) is 52.0 Å². The summed E-state index contributed by atoms with van der Waals surface area (Å²) in [7, 11) is 0. The standard InChI is InChI=1S/C19H35N2O/c1-5-21(6-2,7-3)16-10-8-9-11-19(22-20)18-14-12-17(4)13-15-18/h12-15,19H,5-11,16,20H2,1-4H3/q+1. The molecule has 0 heterocycles. The molecule has 0 saturated heterocycles. The summed E-state index contributed by atoms with van der Waals surface area (Å²) in [6.07, 6.45) is 4.76. The third kappa shape index (κ3) is 5.71. The Labute approximate surface area is 137 Å². The van der Waals surface area contributed by atoms with Crippen LogP contribution in [0.2, 0.25) is 0 Å². The number of nitrogens with two attached hydrogens (primary N) is 1. The lowest BCUT2D eigenvalue weighted by Gasteiger charge is -2.35. The van der Waals surface area contributed by atoms with Crippen LogP contribution < -0.4 is 5.90 Å². The maximum absolute atomic E-state index is 5.49. The van der Waals surface area contributed by atoms with Crippen LogP contribution in [0.1, 0.15) is 63.7 Å². The van der Waals surface area contributed by atoms with Crippen LogP contribution in [0.5, 0.6) is 0 Å². The number of benzene rings is 1. The Bertz CT molecular complexity index is 390. The number of rotatable bonds is 11. The first kappa shape index (κ1) is 19.1. The molecule has 1 rings (SSSR count). The number of nitrogens with zero attached hydrogens (tertiary/aromatic N) is 1. The van der Waals surface area contributed by atoms with Crippen LogP contribution in [0, 0.1) is 6.92 Å². The van der Waals surface area contributed by atoms with Crippen molar-refractivity contribution in [3.05, 3.63) is 35.4 Å². The fourth-order valence-electron chi connectivity index (χ4n) is 3.19. The molecule has 0 spiro atoms. The van der Waals surface area contributed by atoms with Gasteiger partial charge in [-0.1, -0.05) is 36.2 Å². The Morgan fingerprint density at radius 1 is 0.955 bits per heavy atom. The molecule has 0 radical (unpaired) electrons. The van der Waals surface area contributed by atoms with Crippen LogP contribution >= 0.6 is 0 Å². The van der Waals surface area contributed by atoms with Crippen molar-refractivity contribution in [3.63, 3.8) is 0 Å². The van der Waals surface area contributed by atoms with Crippen molar-refractivity contribution in [3.8, 4) is 0 Å². The van der Waals surface area contributed by atoms with E-state index in [1.165, 1.54) is 61.1 Å². The van der Waals surface area contributed by atoms with Gasteiger partial charge in [-0.2, -0.15) is 0 Å². The van der Waals surface area contributed by atoms with Crippen LogP contribution in [0.15, 0.2) is 24.3 Å². The second kappa shape index (κ2) is 9.98. The van der Waals surface area contributed by atoms with Gasteiger partial charge in [0.2, 0.25) is 0 Å². The van der Waals surface area contributed by atoms with E-state index in [1.54, 1.807) is 0 Å². The van der Waals surface area contributed by atoms with Gasteiger partial charge in [0.15, 0.2) is 0 Å². The van der Waals surface area contributed by atoms with Gasteiger partial charge in [-0.25, -0.2) is 5.90 Å². The molecule has 0 fully saturated rings. The number of quaternary nitrogens is 1. The lowest BCUT2D eigenvalue weighted by molar-refractivity contribution is -0.923. The van der Waals surface area contributed by atoms with Gasteiger partial charge in [-0.3, -0.25) is 4.84 Å². The molecular formula is C19H35N2O+. The summed E-state index contributed by atoms with van der Waals surface area (Å²) in [5.41, 5.74) is 2.46. The van der Waals surface area contributed by atoms with Crippen molar-refractivity contribution in [1.82, 2.24) is 0 Å². The summed E-state index contributed by atoms with van der Waals surface area (Å²) < 4.78 is 1.24. The van der Waals surface area contributed by atoms with E-state index in [0.717, 1.165) is 6.42 Å². The molecule has 0 bridgehead atoms. The highest BCUT2D eigenvalue weighted by Gasteiger charge is 2.19. The zero-order valence-corrected chi connectivity index (χ0v) is 15.0. The second-order valence-electron chi connectivity index (χ2n) is 6.40. The number of hydrogen-bond donors (Lipinski definition) is 1. The van der Waals surface area contributed by atoms with Gasteiger partial charge < -0.3 is 4.48 Å². The summed E-state index contributed by atoms with van der Waals surface area (Å²) in [4.78, 5) is 5.18. The normalized spacial score (nSPS) is 13.3. The van der Waals surface area contributed by atoms with E-state index in [1.807, 2.05) is 0 Å². The monoisotopic (exact) mass is 307 g/mol. The molecule has 3 nitrogen and oxygen atoms in total. The zero-order valence-electron chi connectivity index (χ0n) is 15.0. The van der Waals surface area contributed by atoms with E-state index < -0.39 is 0 Å². The smallest absolute Gasteiger partial charge is 0.104 e. The Hall–Kier alpha value is -0.900. The van der Waals surface area contributed by atoms with Gasteiger partial charge in [-0.05, 0) is 52.5 Å².